The van der Waals surface area contributed by atoms with E-state index in [-0.39, 0.29) is 45.4 Å². The number of hydrogen-bond acceptors (Lipinski definition) is 32. The summed E-state index contributed by atoms with van der Waals surface area (Å²) in [5, 5.41) is 86.6. The van der Waals surface area contributed by atoms with Crippen LogP contribution in [-0.2, 0) is 36.2 Å². The van der Waals surface area contributed by atoms with Crippen LogP contribution in [0.2, 0.25) is 0 Å². The molecule has 6 aromatic carbocycles. The van der Waals surface area contributed by atoms with E-state index in [1.54, 1.807) is 73.6 Å². The van der Waals surface area contributed by atoms with Gasteiger partial charge in [-0.25, -0.2) is 50.2 Å². The van der Waals surface area contributed by atoms with Crippen molar-refractivity contribution in [2.45, 2.75) is 20.9 Å². The van der Waals surface area contributed by atoms with Crippen molar-refractivity contribution in [3.63, 3.8) is 0 Å². The molecular formula is C71H59F3N32O8S3. The summed E-state index contributed by atoms with van der Waals surface area (Å²) in [6.07, 6.45) is 8.75. The third-order valence-electron chi connectivity index (χ3n) is 16.6. The number of primary sulfonamides is 2. The Morgan fingerprint density at radius 1 is 0.393 bits per heavy atom. The number of aromatic nitrogens is 21. The number of sulfonamides is 3. The molecule has 40 nitrogen and oxygen atoms in total. The third kappa shape index (κ3) is 18.9. The molecule has 0 atom stereocenters. The summed E-state index contributed by atoms with van der Waals surface area (Å²) in [5.41, 5.74) is 6.81. The molecule has 0 amide bonds. The van der Waals surface area contributed by atoms with Crippen molar-refractivity contribution in [3.05, 3.63) is 225 Å². The molecule has 18 aromatic rings. The van der Waals surface area contributed by atoms with Gasteiger partial charge in [-0.05, 0) is 158 Å². The molecule has 0 fully saturated rings. The Balaban J connectivity index is 0.000000123. The lowest BCUT2D eigenvalue weighted by Crippen LogP contribution is -2.26. The van der Waals surface area contributed by atoms with E-state index in [4.69, 9.17) is 19.9 Å². The molecule has 12 aromatic heterocycles. The van der Waals surface area contributed by atoms with Crippen LogP contribution >= 0.6 is 0 Å². The van der Waals surface area contributed by atoms with E-state index < -0.39 is 41.8 Å². The second-order valence-electron chi connectivity index (χ2n) is 24.7. The minimum atomic E-state index is -4.44. The highest BCUT2D eigenvalue weighted by molar-refractivity contribution is 7.89. The highest BCUT2D eigenvalue weighted by atomic mass is 32.2. The van der Waals surface area contributed by atoms with Crippen LogP contribution in [0.5, 0.6) is 0 Å². The van der Waals surface area contributed by atoms with Gasteiger partial charge in [0.1, 0.15) is 40.3 Å². The number of H-pyrrole nitrogens is 5. The smallest absolute Gasteiger partial charge is 0.395 e. The molecule has 0 aliphatic heterocycles. The molecule has 590 valence electrons. The number of hydrogen-bond donors (Lipinski definition) is 17. The molecular weight excluding hydrogens is 1580 g/mol. The van der Waals surface area contributed by atoms with Crippen LogP contribution in [0.25, 0.3) is 66.0 Å². The molecule has 0 spiro atoms. The monoisotopic (exact) mass is 1640 g/mol. The largest absolute Gasteiger partial charge is 0.416 e. The van der Waals surface area contributed by atoms with E-state index in [1.165, 1.54) is 73.1 Å². The third-order valence-corrected chi connectivity index (χ3v) is 19.9. The summed E-state index contributed by atoms with van der Waals surface area (Å²) < 4.78 is 115. The number of aromatic amines is 5. The van der Waals surface area contributed by atoms with E-state index in [0.29, 0.717) is 103 Å². The van der Waals surface area contributed by atoms with Crippen molar-refractivity contribution >= 4 is 189 Å². The van der Waals surface area contributed by atoms with E-state index >= 15 is 0 Å². The molecule has 0 aliphatic carbocycles. The fourth-order valence-corrected chi connectivity index (χ4v) is 13.1. The van der Waals surface area contributed by atoms with E-state index in [2.05, 4.69) is 153 Å². The second kappa shape index (κ2) is 33.1. The summed E-state index contributed by atoms with van der Waals surface area (Å²) in [6, 6.07) is 44.8. The molecule has 0 saturated heterocycles. The average molecular weight is 1640 g/mol. The molecule has 117 heavy (non-hydrogen) atoms. The number of halogens is 3. The number of alkyl halides is 3. The van der Waals surface area contributed by atoms with Crippen LogP contribution < -0.4 is 57.5 Å². The van der Waals surface area contributed by atoms with Crippen LogP contribution in [-0.4, -0.2) is 149 Å². The van der Waals surface area contributed by atoms with Gasteiger partial charge in [0, 0.05) is 63.8 Å². The lowest BCUT2D eigenvalue weighted by atomic mass is 10.2. The number of pyridine rings is 2. The number of benzene rings is 6. The number of aliphatic hydroxyl groups excluding tert-OH is 1. The number of nitrogens with one attached hydrogen (secondary N) is 14. The van der Waals surface area contributed by atoms with Crippen LogP contribution in [0.4, 0.5) is 106 Å². The molecule has 0 saturated carbocycles. The number of rotatable bonds is 22. The zero-order valence-electron chi connectivity index (χ0n) is 59.7. The minimum absolute atomic E-state index is 0.0113. The maximum Gasteiger partial charge on any atom is 0.416 e. The van der Waals surface area contributed by atoms with Crippen molar-refractivity contribution in [2.24, 2.45) is 10.3 Å². The Bertz CT molecular complexity index is 6720. The van der Waals surface area contributed by atoms with E-state index in [1.807, 2.05) is 60.7 Å². The summed E-state index contributed by atoms with van der Waals surface area (Å²) in [6.45, 7) is -0.426. The molecule has 0 bridgehead atoms. The summed E-state index contributed by atoms with van der Waals surface area (Å²) in [7, 11) is -11.2. The quantitative estimate of drug-likeness (QED) is 0.0300. The van der Waals surface area contributed by atoms with Gasteiger partial charge in [-0.3, -0.25) is 25.5 Å². The van der Waals surface area contributed by atoms with Gasteiger partial charge in [-0.1, -0.05) is 17.3 Å². The predicted molar refractivity (Wildman–Crippen MR) is 427 cm³/mol. The van der Waals surface area contributed by atoms with Crippen molar-refractivity contribution in [1.29, 1.82) is 0 Å². The van der Waals surface area contributed by atoms with Gasteiger partial charge in [-0.2, -0.15) is 78.5 Å². The van der Waals surface area contributed by atoms with Crippen LogP contribution in [0, 0.1) is 0 Å². The van der Waals surface area contributed by atoms with Gasteiger partial charge < -0.3 is 52.2 Å². The van der Waals surface area contributed by atoms with Crippen molar-refractivity contribution in [1.82, 2.24) is 111 Å². The number of aliphatic hydroxyl groups is 1. The number of anilines is 16. The first-order valence-corrected chi connectivity index (χ1v) is 38.8. The van der Waals surface area contributed by atoms with Crippen molar-refractivity contribution in [3.8, 4) is 0 Å². The Hall–Kier alpha value is -15.4. The molecule has 0 aliphatic rings. The average Bonchev–Trinajstić information content (AvgIpc) is 1.66. The Kier molecular flexibility index (Phi) is 21.8. The van der Waals surface area contributed by atoms with Crippen molar-refractivity contribution in [2.75, 3.05) is 55.7 Å². The van der Waals surface area contributed by atoms with Gasteiger partial charge in [0.05, 0.1) is 91.2 Å². The fourth-order valence-electron chi connectivity index (χ4n) is 11.0. The molecule has 12 heterocycles. The minimum Gasteiger partial charge on any atom is -0.395 e. The highest BCUT2D eigenvalue weighted by Gasteiger charge is 2.30. The van der Waals surface area contributed by atoms with Crippen LogP contribution in [0.3, 0.4) is 0 Å². The molecule has 19 N–H and O–H groups in total. The van der Waals surface area contributed by atoms with E-state index in [0.717, 1.165) is 50.7 Å². The molecule has 0 unspecified atom stereocenters. The van der Waals surface area contributed by atoms with E-state index in [9.17, 15) is 38.4 Å². The van der Waals surface area contributed by atoms with Gasteiger partial charge in [0.15, 0.2) is 16.9 Å². The highest BCUT2D eigenvalue weighted by Crippen LogP contribution is 2.34. The summed E-state index contributed by atoms with van der Waals surface area (Å²) >= 11 is 0. The van der Waals surface area contributed by atoms with Gasteiger partial charge >= 0.3 is 6.18 Å². The number of nitrogens with two attached hydrogens (primary N) is 2. The summed E-state index contributed by atoms with van der Waals surface area (Å²) in [4.78, 5) is 43.8. The number of fused-ring (bicyclic) bond motifs is 6. The maximum absolute atomic E-state index is 12.8. The van der Waals surface area contributed by atoms with Gasteiger partial charge in [-0.15, -0.1) is 0 Å². The normalized spacial score (nSPS) is 11.6. The first-order valence-electron chi connectivity index (χ1n) is 34.2. The molecule has 0 radical (unpaired) electrons. The van der Waals surface area contributed by atoms with Crippen molar-refractivity contribution < 1.29 is 48.1 Å². The van der Waals surface area contributed by atoms with Crippen LogP contribution in [0.1, 0.15) is 5.56 Å². The molecule has 18 rings (SSSR count). The first kappa shape index (κ1) is 77.0. The Labute approximate surface area is 656 Å². The zero-order valence-corrected chi connectivity index (χ0v) is 62.1. The Morgan fingerprint density at radius 3 is 1.20 bits per heavy atom. The SMILES string of the molecule is NS(=O)(=O)c1ccc(Nc2nc(Nc3ccccn3)c3cn[nH]c3n2)cc1.NS(=O)(=O)c1ccc(Nc2nc(Nc3ccccn3)c3cnoc3n2)cc1.O=S(=O)(NCCO)c1ccc(Nc2nc(Nc3ccc(C(F)(F)F)cc3)c3cn[nH]c3n2)cc1.c1cc2[nH]ncc2cc1Nc1nc(Nc2ccc3[nH]ncc3c2)c2cn[nH]c2n1. The topological polar surface area (TPSA) is 581 Å². The molecule has 46 heteroatoms. The fraction of sp³-hybridized carbons (Fsp3) is 0.0423. The number of nitrogens with zero attached hydrogens (tertiary/aromatic N) is 16. The van der Waals surface area contributed by atoms with Crippen LogP contribution in [0.15, 0.2) is 239 Å². The standard InChI is InChI=1S/C20H18F3N7O3S.C19H14N10.C16H14N8O2S.C16H13N7O3S/c21-20(22,23)12-1-3-13(4-2-12)26-17-16-11-24-30-18(16)29-19(28-17)27-14-5-7-15(8-6-14)34(32,33)25-9-10-31;1-3-15-10(7-20-27-15)5-12(1)23-17-14-9-22-29-18(14)26-19(25-17)24-13-2-4-16-11(6-13)8-21-28-16;17-27(25,26)11-6-4-10(5-7-11)20-16-22-14(12-9-19-24-15(12)23-16)21-13-3-1-2-8-18-13;17-27(24,25)11-6-4-10(5-7-11)20-16-22-14(12-9-19-26-15(12)23-16)21-13-3-1-2-8-18-13/h1-8,11,25,31H,9-10H2,(H3,24,26,27,28,29,30);1-9H,(H,20,27)(H,21,28)(H3,22,23,24,25,26,29);1-9H,(H2,17,25,26)(H3,18,19,20,21,22,23,24);1-9H,(H2,17,24,25)(H2,18,20,21,22,23). The lowest BCUT2D eigenvalue weighted by molar-refractivity contribution is -0.137. The first-order chi connectivity index (χ1) is 56.4. The van der Waals surface area contributed by atoms with Gasteiger partial charge in [0.2, 0.25) is 53.9 Å². The maximum atomic E-state index is 12.8. The lowest BCUT2D eigenvalue weighted by Gasteiger charge is -2.12. The zero-order chi connectivity index (χ0) is 81.3. The second-order valence-corrected chi connectivity index (χ2v) is 29.5. The Morgan fingerprint density at radius 2 is 0.769 bits per heavy atom. The van der Waals surface area contributed by atoms with Gasteiger partial charge in [0.25, 0.3) is 5.71 Å². The predicted octanol–water partition coefficient (Wildman–Crippen LogP) is 10.8. The summed E-state index contributed by atoms with van der Waals surface area (Å²) in [5.74, 6) is 4.29.